The number of esters is 1. The Labute approximate surface area is 199 Å². The number of rotatable bonds is 16. The van der Waals surface area contributed by atoms with Crippen LogP contribution in [0, 0.1) is 29.6 Å². The third-order valence-electron chi connectivity index (χ3n) is 7.23. The summed E-state index contributed by atoms with van der Waals surface area (Å²) in [7, 11) is 0. The summed E-state index contributed by atoms with van der Waals surface area (Å²) in [6.07, 6.45) is 10.2. The van der Waals surface area contributed by atoms with E-state index in [9.17, 15) is 4.79 Å². The quantitative estimate of drug-likeness (QED) is 0.187. The molecule has 1 aromatic rings. The number of benzene rings is 1. The second kappa shape index (κ2) is 15.5. The molecule has 1 rings (SSSR count). The number of ether oxygens (including phenoxy) is 1. The molecule has 0 saturated carbocycles. The maximum Gasteiger partial charge on any atom is 0.314 e. The number of carbonyl (C=O) groups is 1. The van der Waals surface area contributed by atoms with Gasteiger partial charge in [0.1, 0.15) is 5.75 Å². The summed E-state index contributed by atoms with van der Waals surface area (Å²) in [5, 5.41) is 0. The molecule has 2 heteroatoms. The van der Waals surface area contributed by atoms with Gasteiger partial charge in [0.15, 0.2) is 0 Å². The summed E-state index contributed by atoms with van der Waals surface area (Å²) >= 11 is 0. The Morgan fingerprint density at radius 2 is 1.44 bits per heavy atom. The topological polar surface area (TPSA) is 26.3 Å². The Balaban J connectivity index is 3.15. The molecule has 184 valence electrons. The van der Waals surface area contributed by atoms with Crippen LogP contribution in [0.3, 0.4) is 0 Å². The zero-order valence-electron chi connectivity index (χ0n) is 22.5. The molecule has 0 heterocycles. The molecule has 0 saturated heterocycles. The molecule has 0 amide bonds. The minimum Gasteiger partial charge on any atom is -0.426 e. The van der Waals surface area contributed by atoms with Crippen LogP contribution >= 0.6 is 0 Å². The number of hydrogen-bond acceptors (Lipinski definition) is 2. The lowest BCUT2D eigenvalue weighted by molar-refractivity contribution is -0.143. The summed E-state index contributed by atoms with van der Waals surface area (Å²) < 4.78 is 6.14. The highest BCUT2D eigenvalue weighted by Crippen LogP contribution is 2.36. The van der Waals surface area contributed by atoms with Gasteiger partial charge in [0.25, 0.3) is 0 Å². The van der Waals surface area contributed by atoms with E-state index in [2.05, 4.69) is 73.6 Å². The van der Waals surface area contributed by atoms with Crippen LogP contribution in [-0.2, 0) is 4.79 Å². The highest BCUT2D eigenvalue weighted by Gasteiger charge is 2.34. The van der Waals surface area contributed by atoms with Gasteiger partial charge < -0.3 is 4.74 Å². The zero-order chi connectivity index (χ0) is 24.1. The van der Waals surface area contributed by atoms with Gasteiger partial charge in [0.2, 0.25) is 0 Å². The molecular weight excluding hydrogens is 392 g/mol. The fourth-order valence-electron chi connectivity index (χ4n) is 5.27. The largest absolute Gasteiger partial charge is 0.426 e. The van der Waals surface area contributed by atoms with Crippen molar-refractivity contribution in [3.63, 3.8) is 0 Å². The van der Waals surface area contributed by atoms with Gasteiger partial charge in [-0.25, -0.2) is 0 Å². The van der Waals surface area contributed by atoms with Gasteiger partial charge in [-0.15, -0.1) is 0 Å². The normalized spacial score (nSPS) is 15.6. The average Bonchev–Trinajstić information content (AvgIpc) is 2.76. The highest BCUT2D eigenvalue weighted by molar-refractivity contribution is 5.76. The van der Waals surface area contributed by atoms with E-state index in [0.29, 0.717) is 29.6 Å². The molecule has 0 spiro atoms. The maximum atomic E-state index is 13.6. The lowest BCUT2D eigenvalue weighted by atomic mass is 9.74. The van der Waals surface area contributed by atoms with Gasteiger partial charge in [0.05, 0.1) is 5.92 Å². The second-order valence-electron chi connectivity index (χ2n) is 10.6. The minimum atomic E-state index is -0.00184. The van der Waals surface area contributed by atoms with E-state index in [0.717, 1.165) is 37.9 Å². The van der Waals surface area contributed by atoms with E-state index in [1.54, 1.807) is 0 Å². The van der Waals surface area contributed by atoms with Crippen molar-refractivity contribution in [3.8, 4) is 5.75 Å². The van der Waals surface area contributed by atoms with E-state index < -0.39 is 0 Å². The number of unbranched alkanes of at least 4 members (excludes halogenated alkanes) is 2. The van der Waals surface area contributed by atoms with Crippen molar-refractivity contribution in [1.29, 1.82) is 0 Å². The summed E-state index contributed by atoms with van der Waals surface area (Å²) in [5.41, 5.74) is 1.30. The molecule has 0 aliphatic carbocycles. The van der Waals surface area contributed by atoms with Gasteiger partial charge in [-0.3, -0.25) is 4.79 Å². The summed E-state index contributed by atoms with van der Waals surface area (Å²) in [6, 6.07) is 8.35. The third kappa shape index (κ3) is 9.28. The molecule has 0 N–H and O–H groups in total. The molecule has 0 aliphatic heterocycles. The fourth-order valence-corrected chi connectivity index (χ4v) is 5.27. The fraction of sp³-hybridized carbons (Fsp3) is 0.767. The van der Waals surface area contributed by atoms with Gasteiger partial charge in [-0.1, -0.05) is 106 Å². The first-order valence-corrected chi connectivity index (χ1v) is 13.6. The molecule has 1 aromatic carbocycles. The Kier molecular flexibility index (Phi) is 13.9. The molecular formula is C30H52O2. The van der Waals surface area contributed by atoms with Crippen LogP contribution in [-0.4, -0.2) is 5.97 Å². The predicted octanol–water partition coefficient (Wildman–Crippen LogP) is 9.43. The van der Waals surface area contributed by atoms with Crippen LogP contribution < -0.4 is 4.74 Å². The van der Waals surface area contributed by atoms with Crippen LogP contribution in [0.15, 0.2) is 24.3 Å². The summed E-state index contributed by atoms with van der Waals surface area (Å²) in [6.45, 7) is 18.1. The Hall–Kier alpha value is -1.31. The highest BCUT2D eigenvalue weighted by atomic mass is 16.5. The molecule has 3 atom stereocenters. The van der Waals surface area contributed by atoms with Gasteiger partial charge >= 0.3 is 5.97 Å². The third-order valence-corrected chi connectivity index (χ3v) is 7.23. The summed E-state index contributed by atoms with van der Waals surface area (Å²) in [4.78, 5) is 13.6. The van der Waals surface area contributed by atoms with E-state index in [1.165, 1.54) is 31.2 Å². The molecule has 0 aromatic heterocycles. The van der Waals surface area contributed by atoms with Crippen LogP contribution in [0.5, 0.6) is 5.75 Å². The van der Waals surface area contributed by atoms with E-state index in [-0.39, 0.29) is 11.9 Å². The maximum absolute atomic E-state index is 13.6. The molecule has 2 nitrogen and oxygen atoms in total. The molecule has 3 unspecified atom stereocenters. The first-order chi connectivity index (χ1) is 15.3. The molecule has 32 heavy (non-hydrogen) atoms. The summed E-state index contributed by atoms with van der Waals surface area (Å²) in [5.74, 6) is 3.25. The van der Waals surface area contributed by atoms with E-state index in [4.69, 9.17) is 4.74 Å². The molecule has 0 bridgehead atoms. The standard InChI is InChI=1S/C30H52O2/c1-9-13-16-24(11-3)29(25(12-4)17-14-10-2)30(31)32-27-19-15-18-26(21-27)28(23(7)8)20-22(5)6/h15,18-19,21-25,28-29H,9-14,16-17,20H2,1-8H3. The van der Waals surface area contributed by atoms with E-state index >= 15 is 0 Å². The number of hydrogen-bond donors (Lipinski definition) is 0. The van der Waals surface area contributed by atoms with Crippen molar-refractivity contribution in [3.05, 3.63) is 29.8 Å². The van der Waals surface area contributed by atoms with Crippen LogP contribution in [0.2, 0.25) is 0 Å². The zero-order valence-corrected chi connectivity index (χ0v) is 22.5. The minimum absolute atomic E-state index is 0.00184. The van der Waals surface area contributed by atoms with Crippen molar-refractivity contribution in [2.75, 3.05) is 0 Å². The lowest BCUT2D eigenvalue weighted by Crippen LogP contribution is -2.34. The monoisotopic (exact) mass is 444 g/mol. The first-order valence-electron chi connectivity index (χ1n) is 13.6. The van der Waals surface area contributed by atoms with Crippen LogP contribution in [0.1, 0.15) is 125 Å². The smallest absolute Gasteiger partial charge is 0.314 e. The SMILES string of the molecule is CCCCC(CC)C(C(=O)Oc1cccc(C(CC(C)C)C(C)C)c1)C(CC)CCCC. The predicted molar refractivity (Wildman–Crippen MR) is 139 cm³/mol. The molecule has 0 aliphatic rings. The average molecular weight is 445 g/mol. The lowest BCUT2D eigenvalue weighted by Gasteiger charge is -2.31. The molecule has 0 fully saturated rings. The Morgan fingerprint density at radius 3 is 1.88 bits per heavy atom. The Morgan fingerprint density at radius 1 is 0.875 bits per heavy atom. The van der Waals surface area contributed by atoms with Crippen LogP contribution in [0.4, 0.5) is 0 Å². The Bertz CT molecular complexity index is 617. The van der Waals surface area contributed by atoms with Crippen molar-refractivity contribution < 1.29 is 9.53 Å². The van der Waals surface area contributed by atoms with Crippen molar-refractivity contribution in [2.24, 2.45) is 29.6 Å². The van der Waals surface area contributed by atoms with Crippen molar-refractivity contribution in [1.82, 2.24) is 0 Å². The van der Waals surface area contributed by atoms with Crippen molar-refractivity contribution in [2.45, 2.75) is 119 Å². The second-order valence-corrected chi connectivity index (χ2v) is 10.6. The van der Waals surface area contributed by atoms with Crippen molar-refractivity contribution >= 4 is 5.97 Å². The van der Waals surface area contributed by atoms with Gasteiger partial charge in [0, 0.05) is 0 Å². The first kappa shape index (κ1) is 28.7. The van der Waals surface area contributed by atoms with Crippen LogP contribution in [0.25, 0.3) is 0 Å². The van der Waals surface area contributed by atoms with Gasteiger partial charge in [-0.2, -0.15) is 0 Å². The molecule has 0 radical (unpaired) electrons. The van der Waals surface area contributed by atoms with Gasteiger partial charge in [-0.05, 0) is 66.5 Å². The number of carbonyl (C=O) groups excluding carboxylic acids is 1. The van der Waals surface area contributed by atoms with E-state index in [1.807, 2.05) is 6.07 Å².